The first kappa shape index (κ1) is 7.85. The molecule has 0 fully saturated rings. The van der Waals surface area contributed by atoms with E-state index in [1.807, 2.05) is 0 Å². The number of nitrogens with zero attached hydrogens (tertiary/aromatic N) is 3. The first-order valence-corrected chi connectivity index (χ1v) is 4.97. The number of guanidine groups is 1. The first-order valence-electron chi connectivity index (χ1n) is 4.97. The van der Waals surface area contributed by atoms with Crippen molar-refractivity contribution in [3.05, 3.63) is 29.8 Å². The number of anilines is 1. The van der Waals surface area contributed by atoms with Crippen molar-refractivity contribution in [2.75, 3.05) is 25.0 Å². The summed E-state index contributed by atoms with van der Waals surface area (Å²) in [5.41, 5.74) is 2.69. The molecule has 0 saturated carbocycles. The van der Waals surface area contributed by atoms with Gasteiger partial charge in [-0.05, 0) is 11.6 Å². The van der Waals surface area contributed by atoms with E-state index in [1.54, 1.807) is 0 Å². The molecular weight excluding hydrogens is 174 g/mol. The highest BCUT2D eigenvalue weighted by Crippen LogP contribution is 2.28. The quantitative estimate of drug-likeness (QED) is 0.610. The normalized spacial score (nSPS) is 19.1. The van der Waals surface area contributed by atoms with E-state index < -0.39 is 0 Å². The van der Waals surface area contributed by atoms with Crippen LogP contribution in [0.15, 0.2) is 29.3 Å². The van der Waals surface area contributed by atoms with Crippen LogP contribution in [0.1, 0.15) is 5.56 Å². The highest BCUT2D eigenvalue weighted by atomic mass is 15.4. The molecule has 2 heterocycles. The molecule has 0 saturated heterocycles. The van der Waals surface area contributed by atoms with Crippen molar-refractivity contribution in [3.63, 3.8) is 0 Å². The van der Waals surface area contributed by atoms with Crippen LogP contribution >= 0.6 is 0 Å². The number of benzene rings is 1. The van der Waals surface area contributed by atoms with E-state index >= 15 is 0 Å². The molecule has 0 radical (unpaired) electrons. The highest BCUT2D eigenvalue weighted by molar-refractivity contribution is 5.98. The molecule has 0 N–H and O–H groups in total. The summed E-state index contributed by atoms with van der Waals surface area (Å²) in [7, 11) is 2.09. The van der Waals surface area contributed by atoms with Crippen LogP contribution in [-0.4, -0.2) is 31.0 Å². The summed E-state index contributed by atoms with van der Waals surface area (Å²) >= 11 is 0. The number of para-hydroxylation sites is 1. The Kier molecular flexibility index (Phi) is 1.54. The minimum absolute atomic E-state index is 0.938. The zero-order valence-electron chi connectivity index (χ0n) is 8.27. The Morgan fingerprint density at radius 1 is 1.29 bits per heavy atom. The highest BCUT2D eigenvalue weighted by Gasteiger charge is 2.27. The molecule has 0 aliphatic carbocycles. The van der Waals surface area contributed by atoms with Gasteiger partial charge in [0.25, 0.3) is 0 Å². The van der Waals surface area contributed by atoms with Gasteiger partial charge in [0.2, 0.25) is 5.96 Å². The van der Waals surface area contributed by atoms with Gasteiger partial charge in [-0.25, -0.2) is 0 Å². The summed E-state index contributed by atoms with van der Waals surface area (Å²) in [4.78, 5) is 9.03. The minimum Gasteiger partial charge on any atom is -0.336 e. The topological polar surface area (TPSA) is 18.8 Å². The molecule has 0 amide bonds. The maximum absolute atomic E-state index is 4.51. The van der Waals surface area contributed by atoms with Crippen molar-refractivity contribution in [1.82, 2.24) is 4.90 Å². The molecule has 0 unspecified atom stereocenters. The number of hydrogen-bond acceptors (Lipinski definition) is 3. The van der Waals surface area contributed by atoms with Gasteiger partial charge in [-0.3, -0.25) is 4.99 Å². The number of hydrogen-bond donors (Lipinski definition) is 0. The molecule has 3 rings (SSSR count). The second-order valence-electron chi connectivity index (χ2n) is 3.79. The van der Waals surface area contributed by atoms with Crippen LogP contribution in [-0.2, 0) is 6.54 Å². The average Bonchev–Trinajstić information content (AvgIpc) is 2.66. The summed E-state index contributed by atoms with van der Waals surface area (Å²) in [5, 5.41) is 0. The predicted octanol–water partition coefficient (Wildman–Crippen LogP) is 1.31. The molecule has 1 aromatic rings. The van der Waals surface area contributed by atoms with Gasteiger partial charge in [0.1, 0.15) is 0 Å². The van der Waals surface area contributed by atoms with E-state index in [1.165, 1.54) is 11.3 Å². The maximum atomic E-state index is 4.51. The Hall–Kier alpha value is -1.51. The molecule has 2 aliphatic heterocycles. The Bertz CT molecular complexity index is 397. The van der Waals surface area contributed by atoms with E-state index in [9.17, 15) is 0 Å². The van der Waals surface area contributed by atoms with E-state index in [0.29, 0.717) is 0 Å². The minimum atomic E-state index is 0.938. The fourth-order valence-corrected chi connectivity index (χ4v) is 2.22. The largest absolute Gasteiger partial charge is 0.336 e. The molecule has 0 bridgehead atoms. The van der Waals surface area contributed by atoms with Crippen LogP contribution in [0.2, 0.25) is 0 Å². The van der Waals surface area contributed by atoms with Crippen LogP contribution < -0.4 is 4.90 Å². The van der Waals surface area contributed by atoms with E-state index in [4.69, 9.17) is 0 Å². The lowest BCUT2D eigenvalue weighted by Gasteiger charge is -2.34. The Labute approximate surface area is 83.7 Å². The second kappa shape index (κ2) is 2.74. The summed E-state index contributed by atoms with van der Waals surface area (Å²) in [6.45, 7) is 3.01. The molecule has 0 atom stereocenters. The Balaban J connectivity index is 2.11. The van der Waals surface area contributed by atoms with Crippen molar-refractivity contribution >= 4 is 11.6 Å². The standard InChI is InChI=1S/C11H13N3/c1-13-10-5-3-2-4-9(10)8-14-7-6-12-11(13)14/h2-5H,6-8H2,1H3. The fraction of sp³-hybridized carbons (Fsp3) is 0.364. The second-order valence-corrected chi connectivity index (χ2v) is 3.79. The molecule has 1 aromatic carbocycles. The van der Waals surface area contributed by atoms with Gasteiger partial charge < -0.3 is 9.80 Å². The summed E-state index contributed by atoms with van der Waals surface area (Å²) in [6.07, 6.45) is 0. The van der Waals surface area contributed by atoms with Crippen LogP contribution in [0, 0.1) is 0 Å². The molecule has 3 heteroatoms. The van der Waals surface area contributed by atoms with Crippen LogP contribution in [0.25, 0.3) is 0 Å². The predicted molar refractivity (Wildman–Crippen MR) is 57.6 cm³/mol. The smallest absolute Gasteiger partial charge is 0.201 e. The van der Waals surface area contributed by atoms with Crippen molar-refractivity contribution in [1.29, 1.82) is 0 Å². The van der Waals surface area contributed by atoms with Crippen molar-refractivity contribution in [3.8, 4) is 0 Å². The molecule has 14 heavy (non-hydrogen) atoms. The van der Waals surface area contributed by atoms with E-state index in [0.717, 1.165) is 25.6 Å². The van der Waals surface area contributed by atoms with Gasteiger partial charge >= 0.3 is 0 Å². The van der Waals surface area contributed by atoms with Crippen LogP contribution in [0.5, 0.6) is 0 Å². The van der Waals surface area contributed by atoms with Crippen molar-refractivity contribution in [2.45, 2.75) is 6.54 Å². The van der Waals surface area contributed by atoms with Gasteiger partial charge in [-0.1, -0.05) is 18.2 Å². The van der Waals surface area contributed by atoms with Gasteiger partial charge in [0.15, 0.2) is 0 Å². The van der Waals surface area contributed by atoms with Crippen LogP contribution in [0.4, 0.5) is 5.69 Å². The lowest BCUT2D eigenvalue weighted by atomic mass is 10.1. The third-order valence-electron chi connectivity index (χ3n) is 2.92. The van der Waals surface area contributed by atoms with Gasteiger partial charge in [-0.15, -0.1) is 0 Å². The number of aliphatic imine (C=N–C) groups is 1. The van der Waals surface area contributed by atoms with E-state index in [-0.39, 0.29) is 0 Å². The van der Waals surface area contributed by atoms with Crippen molar-refractivity contribution in [2.24, 2.45) is 4.99 Å². The van der Waals surface area contributed by atoms with Gasteiger partial charge in [0.05, 0.1) is 6.54 Å². The summed E-state index contributed by atoms with van der Waals surface area (Å²) in [5.74, 6) is 1.13. The zero-order chi connectivity index (χ0) is 9.54. The third-order valence-corrected chi connectivity index (χ3v) is 2.92. The fourth-order valence-electron chi connectivity index (χ4n) is 2.22. The Morgan fingerprint density at radius 2 is 2.14 bits per heavy atom. The SMILES string of the molecule is CN1C2=NCCN2Cc2ccccc21. The molecule has 2 aliphatic rings. The van der Waals surface area contributed by atoms with Gasteiger partial charge in [0, 0.05) is 25.8 Å². The van der Waals surface area contributed by atoms with Crippen molar-refractivity contribution < 1.29 is 0 Å². The Morgan fingerprint density at radius 3 is 3.07 bits per heavy atom. The first-order chi connectivity index (χ1) is 6.86. The number of fused-ring (bicyclic) bond motifs is 2. The van der Waals surface area contributed by atoms with E-state index in [2.05, 4.69) is 46.1 Å². The molecule has 0 spiro atoms. The lowest BCUT2D eigenvalue weighted by Crippen LogP contribution is -2.43. The number of rotatable bonds is 0. The monoisotopic (exact) mass is 187 g/mol. The summed E-state index contributed by atoms with van der Waals surface area (Å²) < 4.78 is 0. The molecule has 0 aromatic heterocycles. The molecular formula is C11H13N3. The summed E-state index contributed by atoms with van der Waals surface area (Å²) in [6, 6.07) is 8.54. The third kappa shape index (κ3) is 0.953. The zero-order valence-corrected chi connectivity index (χ0v) is 8.27. The molecule has 3 nitrogen and oxygen atoms in total. The molecule has 72 valence electrons. The maximum Gasteiger partial charge on any atom is 0.201 e. The lowest BCUT2D eigenvalue weighted by molar-refractivity contribution is 0.437. The van der Waals surface area contributed by atoms with Crippen LogP contribution in [0.3, 0.4) is 0 Å². The average molecular weight is 187 g/mol. The van der Waals surface area contributed by atoms with Gasteiger partial charge in [-0.2, -0.15) is 0 Å².